The average molecular weight is 306 g/mol. The molecule has 116 valence electrons. The van der Waals surface area contributed by atoms with Gasteiger partial charge in [0, 0.05) is 6.54 Å². The third kappa shape index (κ3) is 4.75. The van der Waals surface area contributed by atoms with Crippen molar-refractivity contribution in [1.29, 1.82) is 0 Å². The number of carbonyl (C=O) groups excluding carboxylic acids is 1. The van der Waals surface area contributed by atoms with Crippen LogP contribution in [0.5, 0.6) is 0 Å². The molecular weight excluding hydrogens is 284 g/mol. The summed E-state index contributed by atoms with van der Waals surface area (Å²) in [5.74, 6) is -1.90. The maximum Gasteiger partial charge on any atom is 0.305 e. The Bertz CT molecular complexity index is 462. The monoisotopic (exact) mass is 306 g/mol. The van der Waals surface area contributed by atoms with E-state index in [0.717, 1.165) is 12.8 Å². The normalized spacial score (nSPS) is 23.3. The molecule has 0 aromatic carbocycles. The van der Waals surface area contributed by atoms with E-state index in [1.807, 2.05) is 6.92 Å². The molecule has 2 atom stereocenters. The predicted molar refractivity (Wildman–Crippen MR) is 73.9 cm³/mol. The zero-order valence-corrected chi connectivity index (χ0v) is 12.4. The zero-order chi connectivity index (χ0) is 15.3. The van der Waals surface area contributed by atoms with Gasteiger partial charge in [0.15, 0.2) is 9.84 Å². The lowest BCUT2D eigenvalue weighted by Gasteiger charge is -2.36. The molecule has 0 aromatic heterocycles. The smallest absolute Gasteiger partial charge is 0.305 e. The molecule has 0 radical (unpaired) electrons. The first kappa shape index (κ1) is 16.9. The van der Waals surface area contributed by atoms with Crippen LogP contribution in [0.3, 0.4) is 0 Å². The number of nitrogens with zero attached hydrogens (tertiary/aromatic N) is 1. The largest absolute Gasteiger partial charge is 0.481 e. The molecule has 0 bridgehead atoms. The lowest BCUT2D eigenvalue weighted by molar-refractivity contribution is -0.141. The average Bonchev–Trinajstić information content (AvgIpc) is 2.33. The Morgan fingerprint density at radius 2 is 2.10 bits per heavy atom. The van der Waals surface area contributed by atoms with Gasteiger partial charge in [0.1, 0.15) is 0 Å². The topological polar surface area (TPSA) is 118 Å². The van der Waals surface area contributed by atoms with Gasteiger partial charge in [0.2, 0.25) is 5.91 Å². The summed E-state index contributed by atoms with van der Waals surface area (Å²) < 4.78 is 23.2. The Morgan fingerprint density at radius 1 is 1.45 bits per heavy atom. The molecule has 0 saturated carbocycles. The number of sulfone groups is 1. The molecule has 1 rings (SSSR count). The molecule has 1 fully saturated rings. The minimum Gasteiger partial charge on any atom is -0.481 e. The molecule has 1 aliphatic heterocycles. The van der Waals surface area contributed by atoms with Crippen molar-refractivity contribution in [2.75, 3.05) is 18.1 Å². The quantitative estimate of drug-likeness (QED) is 0.689. The Morgan fingerprint density at radius 3 is 2.65 bits per heavy atom. The van der Waals surface area contributed by atoms with Crippen molar-refractivity contribution in [3.8, 4) is 0 Å². The second-order valence-electron chi connectivity index (χ2n) is 5.15. The standard InChI is InChI=1S/C12H22N2O5S/c1-2-3-4-10(13)12(17)14-5-6-20(18,19)8-9(14)7-11(15)16/h9-10H,2-8,13H2,1H3,(H,15,16). The molecule has 2 unspecified atom stereocenters. The molecule has 7 nitrogen and oxygen atoms in total. The molecule has 1 heterocycles. The summed E-state index contributed by atoms with van der Waals surface area (Å²) in [6.07, 6.45) is 1.88. The number of nitrogens with two attached hydrogens (primary N) is 1. The van der Waals surface area contributed by atoms with Crippen LogP contribution >= 0.6 is 0 Å². The molecule has 0 aliphatic carbocycles. The van der Waals surface area contributed by atoms with Gasteiger partial charge in [-0.15, -0.1) is 0 Å². The maximum absolute atomic E-state index is 12.2. The van der Waals surface area contributed by atoms with Crippen LogP contribution in [0.25, 0.3) is 0 Å². The van der Waals surface area contributed by atoms with E-state index >= 15 is 0 Å². The summed E-state index contributed by atoms with van der Waals surface area (Å²) in [7, 11) is -3.28. The fraction of sp³-hybridized carbons (Fsp3) is 0.833. The Balaban J connectivity index is 2.79. The van der Waals surface area contributed by atoms with Crippen LogP contribution in [0.2, 0.25) is 0 Å². The molecule has 8 heteroatoms. The number of hydrogen-bond acceptors (Lipinski definition) is 5. The molecule has 1 saturated heterocycles. The van der Waals surface area contributed by atoms with E-state index in [2.05, 4.69) is 0 Å². The van der Waals surface area contributed by atoms with Gasteiger partial charge in [0.25, 0.3) is 0 Å². The number of unbranched alkanes of at least 4 members (excludes halogenated alkanes) is 1. The number of amides is 1. The van der Waals surface area contributed by atoms with Gasteiger partial charge in [-0.2, -0.15) is 0 Å². The number of carboxylic acid groups (broad SMARTS) is 1. The maximum atomic E-state index is 12.2. The van der Waals surface area contributed by atoms with Gasteiger partial charge in [-0.05, 0) is 6.42 Å². The van der Waals surface area contributed by atoms with E-state index in [1.54, 1.807) is 0 Å². The number of carboxylic acids is 1. The van der Waals surface area contributed by atoms with Crippen molar-refractivity contribution in [3.05, 3.63) is 0 Å². The van der Waals surface area contributed by atoms with Crippen molar-refractivity contribution in [1.82, 2.24) is 4.90 Å². The van der Waals surface area contributed by atoms with E-state index in [1.165, 1.54) is 4.90 Å². The number of aliphatic carboxylic acids is 1. The van der Waals surface area contributed by atoms with Crippen LogP contribution in [0, 0.1) is 0 Å². The molecule has 3 N–H and O–H groups in total. The summed E-state index contributed by atoms with van der Waals surface area (Å²) in [6, 6.07) is -1.50. The second-order valence-corrected chi connectivity index (χ2v) is 7.38. The molecule has 1 aliphatic rings. The Labute approximate surface area is 119 Å². The summed E-state index contributed by atoms with van der Waals surface area (Å²) >= 11 is 0. The second kappa shape index (κ2) is 7.03. The fourth-order valence-electron chi connectivity index (χ4n) is 2.31. The van der Waals surface area contributed by atoms with Crippen molar-refractivity contribution in [2.24, 2.45) is 5.73 Å². The molecular formula is C12H22N2O5S. The van der Waals surface area contributed by atoms with E-state index in [9.17, 15) is 18.0 Å². The van der Waals surface area contributed by atoms with Crippen LogP contribution in [0.15, 0.2) is 0 Å². The highest BCUT2D eigenvalue weighted by Gasteiger charge is 2.36. The minimum absolute atomic E-state index is 0.0267. The summed E-state index contributed by atoms with van der Waals surface area (Å²) in [4.78, 5) is 24.4. The van der Waals surface area contributed by atoms with Crippen molar-refractivity contribution in [3.63, 3.8) is 0 Å². The van der Waals surface area contributed by atoms with Gasteiger partial charge < -0.3 is 15.7 Å². The van der Waals surface area contributed by atoms with Crippen LogP contribution < -0.4 is 5.73 Å². The van der Waals surface area contributed by atoms with Gasteiger partial charge in [-0.1, -0.05) is 19.8 Å². The Kier molecular flexibility index (Phi) is 5.94. The number of rotatable bonds is 6. The van der Waals surface area contributed by atoms with Crippen molar-refractivity contribution >= 4 is 21.7 Å². The fourth-order valence-corrected chi connectivity index (χ4v) is 3.83. The van der Waals surface area contributed by atoms with E-state index in [0.29, 0.717) is 6.42 Å². The summed E-state index contributed by atoms with van der Waals surface area (Å²) in [6.45, 7) is 2.01. The lowest BCUT2D eigenvalue weighted by Crippen LogP contribution is -2.56. The first-order valence-corrected chi connectivity index (χ1v) is 8.57. The minimum atomic E-state index is -3.28. The SMILES string of the molecule is CCCCC(N)C(=O)N1CCS(=O)(=O)CC1CC(=O)O. The molecule has 20 heavy (non-hydrogen) atoms. The van der Waals surface area contributed by atoms with Crippen LogP contribution in [-0.4, -0.2) is 60.4 Å². The third-order valence-corrected chi connectivity index (χ3v) is 5.11. The van der Waals surface area contributed by atoms with Crippen LogP contribution in [-0.2, 0) is 19.4 Å². The van der Waals surface area contributed by atoms with E-state index in [4.69, 9.17) is 10.8 Å². The van der Waals surface area contributed by atoms with Gasteiger partial charge in [-0.3, -0.25) is 9.59 Å². The van der Waals surface area contributed by atoms with Crippen molar-refractivity contribution < 1.29 is 23.1 Å². The highest BCUT2D eigenvalue weighted by atomic mass is 32.2. The molecule has 0 aromatic rings. The number of hydrogen-bond donors (Lipinski definition) is 2. The number of carbonyl (C=O) groups is 2. The highest BCUT2D eigenvalue weighted by molar-refractivity contribution is 7.91. The summed E-state index contributed by atoms with van der Waals surface area (Å²) in [5, 5.41) is 8.85. The van der Waals surface area contributed by atoms with Gasteiger partial charge >= 0.3 is 5.97 Å². The molecule has 0 spiro atoms. The highest BCUT2D eigenvalue weighted by Crippen LogP contribution is 2.17. The first-order valence-electron chi connectivity index (χ1n) is 6.75. The van der Waals surface area contributed by atoms with Crippen LogP contribution in [0.1, 0.15) is 32.6 Å². The zero-order valence-electron chi connectivity index (χ0n) is 11.6. The third-order valence-electron chi connectivity index (χ3n) is 3.41. The molecule has 1 amide bonds. The van der Waals surface area contributed by atoms with Crippen LogP contribution in [0.4, 0.5) is 0 Å². The predicted octanol–water partition coefficient (Wildman–Crippen LogP) is -0.396. The van der Waals surface area contributed by atoms with Crippen molar-refractivity contribution in [2.45, 2.75) is 44.7 Å². The Hall–Kier alpha value is -1.15. The van der Waals surface area contributed by atoms with Gasteiger partial charge in [-0.25, -0.2) is 8.42 Å². The van der Waals surface area contributed by atoms with E-state index < -0.39 is 27.9 Å². The first-order chi connectivity index (χ1) is 9.26. The summed E-state index contributed by atoms with van der Waals surface area (Å²) in [5.41, 5.74) is 5.81. The lowest BCUT2D eigenvalue weighted by atomic mass is 10.1. The van der Waals surface area contributed by atoms with E-state index in [-0.39, 0.29) is 30.4 Å². The van der Waals surface area contributed by atoms with Gasteiger partial charge in [0.05, 0.1) is 30.0 Å².